The summed E-state index contributed by atoms with van der Waals surface area (Å²) >= 11 is 1.44. The Morgan fingerprint density at radius 3 is 2.89 bits per heavy atom. The number of ether oxygens (including phenoxy) is 1. The molecule has 1 aromatic heterocycles. The summed E-state index contributed by atoms with van der Waals surface area (Å²) in [5.41, 5.74) is 7.56. The van der Waals surface area contributed by atoms with Crippen molar-refractivity contribution in [1.82, 2.24) is 9.97 Å². The highest BCUT2D eigenvalue weighted by Gasteiger charge is 2.02. The molecule has 2 rings (SSSR count). The highest BCUT2D eigenvalue weighted by atomic mass is 32.2. The SMILES string of the molecule is COCc1cccc(CSc2nc(N)cc(=O)[nH]2)c1. The quantitative estimate of drug-likeness (QED) is 0.643. The van der Waals surface area contributed by atoms with E-state index in [1.165, 1.54) is 17.8 Å². The maximum absolute atomic E-state index is 11.3. The monoisotopic (exact) mass is 277 g/mol. The average Bonchev–Trinajstić information content (AvgIpc) is 2.36. The number of nitrogens with zero attached hydrogens (tertiary/aromatic N) is 1. The standard InChI is InChI=1S/C13H15N3O2S/c1-18-7-9-3-2-4-10(5-9)8-19-13-15-11(14)6-12(17)16-13/h2-6H,7-8H2,1H3,(H3,14,15,16,17). The summed E-state index contributed by atoms with van der Waals surface area (Å²) < 4.78 is 5.09. The van der Waals surface area contributed by atoms with Crippen molar-refractivity contribution in [2.24, 2.45) is 0 Å². The first-order chi connectivity index (χ1) is 9.17. The summed E-state index contributed by atoms with van der Waals surface area (Å²) in [5.74, 6) is 0.948. The van der Waals surface area contributed by atoms with Crippen molar-refractivity contribution in [2.45, 2.75) is 17.5 Å². The van der Waals surface area contributed by atoms with Gasteiger partial charge in [0.1, 0.15) is 5.82 Å². The average molecular weight is 277 g/mol. The van der Waals surface area contributed by atoms with E-state index in [0.717, 1.165) is 11.1 Å². The van der Waals surface area contributed by atoms with Crippen molar-refractivity contribution in [3.8, 4) is 0 Å². The molecule has 0 spiro atoms. The second kappa shape index (κ2) is 6.40. The molecule has 1 aromatic carbocycles. The number of hydrogen-bond acceptors (Lipinski definition) is 5. The molecule has 0 unspecified atom stereocenters. The van der Waals surface area contributed by atoms with Gasteiger partial charge in [-0.05, 0) is 11.1 Å². The minimum absolute atomic E-state index is 0.233. The number of nitrogens with two attached hydrogens (primary N) is 1. The lowest BCUT2D eigenvalue weighted by atomic mass is 10.1. The lowest BCUT2D eigenvalue weighted by Gasteiger charge is -2.04. The van der Waals surface area contributed by atoms with Crippen LogP contribution in [0.3, 0.4) is 0 Å². The Labute approximate surface area is 115 Å². The van der Waals surface area contributed by atoms with Gasteiger partial charge in [-0.25, -0.2) is 4.98 Å². The van der Waals surface area contributed by atoms with Gasteiger partial charge in [-0.1, -0.05) is 36.0 Å². The second-order valence-electron chi connectivity index (χ2n) is 4.02. The number of H-pyrrole nitrogens is 1. The van der Waals surface area contributed by atoms with Crippen LogP contribution in [-0.2, 0) is 17.1 Å². The Hall–Kier alpha value is -1.79. The summed E-state index contributed by atoms with van der Waals surface area (Å²) in [7, 11) is 1.67. The molecule has 1 heterocycles. The third-order valence-electron chi connectivity index (χ3n) is 2.42. The highest BCUT2D eigenvalue weighted by molar-refractivity contribution is 7.98. The Morgan fingerprint density at radius 2 is 2.16 bits per heavy atom. The van der Waals surface area contributed by atoms with Gasteiger partial charge in [0, 0.05) is 18.9 Å². The number of methoxy groups -OCH3 is 1. The third-order valence-corrected chi connectivity index (χ3v) is 3.36. The first-order valence-electron chi connectivity index (χ1n) is 5.74. The van der Waals surface area contributed by atoms with Gasteiger partial charge in [-0.2, -0.15) is 0 Å². The highest BCUT2D eigenvalue weighted by Crippen LogP contribution is 2.19. The molecular weight excluding hydrogens is 262 g/mol. The van der Waals surface area contributed by atoms with E-state index in [-0.39, 0.29) is 11.4 Å². The molecular formula is C13H15N3O2S. The summed E-state index contributed by atoms with van der Waals surface area (Å²) in [4.78, 5) is 18.0. The number of nitrogens with one attached hydrogen (secondary N) is 1. The topological polar surface area (TPSA) is 81.0 Å². The van der Waals surface area contributed by atoms with E-state index in [4.69, 9.17) is 10.5 Å². The molecule has 0 bridgehead atoms. The lowest BCUT2D eigenvalue weighted by molar-refractivity contribution is 0.185. The van der Waals surface area contributed by atoms with Crippen molar-refractivity contribution < 1.29 is 4.74 Å². The summed E-state index contributed by atoms with van der Waals surface area (Å²) in [5, 5.41) is 0.530. The zero-order valence-electron chi connectivity index (χ0n) is 10.6. The minimum Gasteiger partial charge on any atom is -0.383 e. The van der Waals surface area contributed by atoms with Crippen LogP contribution in [0.25, 0.3) is 0 Å². The van der Waals surface area contributed by atoms with Gasteiger partial charge in [0.2, 0.25) is 0 Å². The fourth-order valence-electron chi connectivity index (χ4n) is 1.65. The Morgan fingerprint density at radius 1 is 1.37 bits per heavy atom. The van der Waals surface area contributed by atoms with E-state index in [2.05, 4.69) is 16.0 Å². The Balaban J connectivity index is 2.05. The van der Waals surface area contributed by atoms with Gasteiger partial charge in [0.05, 0.1) is 6.61 Å². The number of nitrogen functional groups attached to an aromatic ring is 1. The molecule has 0 saturated carbocycles. The van der Waals surface area contributed by atoms with Crippen LogP contribution in [0.5, 0.6) is 0 Å². The predicted molar refractivity (Wildman–Crippen MR) is 76.0 cm³/mol. The Kier molecular flexibility index (Phi) is 4.59. The Bertz CT molecular complexity index is 613. The van der Waals surface area contributed by atoms with Crippen LogP contribution in [0.1, 0.15) is 11.1 Å². The van der Waals surface area contributed by atoms with Crippen LogP contribution in [0, 0.1) is 0 Å². The van der Waals surface area contributed by atoms with E-state index in [1.54, 1.807) is 7.11 Å². The zero-order valence-corrected chi connectivity index (χ0v) is 11.4. The smallest absolute Gasteiger partial charge is 0.253 e. The number of thioether (sulfide) groups is 1. The lowest BCUT2D eigenvalue weighted by Crippen LogP contribution is -2.09. The number of hydrogen-bond donors (Lipinski definition) is 2. The van der Waals surface area contributed by atoms with Crippen LogP contribution >= 0.6 is 11.8 Å². The fraction of sp³-hybridized carbons (Fsp3) is 0.231. The number of benzene rings is 1. The van der Waals surface area contributed by atoms with Crippen molar-refractivity contribution in [1.29, 1.82) is 0 Å². The normalized spacial score (nSPS) is 10.6. The molecule has 0 atom stereocenters. The molecule has 2 aromatic rings. The van der Waals surface area contributed by atoms with E-state index in [9.17, 15) is 4.79 Å². The molecule has 100 valence electrons. The van der Waals surface area contributed by atoms with Gasteiger partial charge in [0.15, 0.2) is 5.16 Å². The van der Waals surface area contributed by atoms with Crippen molar-refractivity contribution in [3.63, 3.8) is 0 Å². The van der Waals surface area contributed by atoms with Crippen LogP contribution in [-0.4, -0.2) is 17.1 Å². The van der Waals surface area contributed by atoms with Crippen molar-refractivity contribution in [2.75, 3.05) is 12.8 Å². The van der Waals surface area contributed by atoms with Gasteiger partial charge in [-0.3, -0.25) is 4.79 Å². The molecule has 0 aliphatic heterocycles. The van der Waals surface area contributed by atoms with Gasteiger partial charge in [-0.15, -0.1) is 0 Å². The molecule has 0 amide bonds. The van der Waals surface area contributed by atoms with Gasteiger partial charge in [0.25, 0.3) is 5.56 Å². The summed E-state index contributed by atoms with van der Waals surface area (Å²) in [6.45, 7) is 0.589. The molecule has 0 aliphatic carbocycles. The fourth-order valence-corrected chi connectivity index (χ4v) is 2.47. The molecule has 3 N–H and O–H groups in total. The second-order valence-corrected chi connectivity index (χ2v) is 4.98. The number of rotatable bonds is 5. The largest absolute Gasteiger partial charge is 0.383 e. The number of aromatic amines is 1. The molecule has 19 heavy (non-hydrogen) atoms. The van der Waals surface area contributed by atoms with E-state index < -0.39 is 0 Å². The van der Waals surface area contributed by atoms with E-state index in [0.29, 0.717) is 17.5 Å². The third kappa shape index (κ3) is 4.11. The maximum Gasteiger partial charge on any atom is 0.253 e. The van der Waals surface area contributed by atoms with Gasteiger partial charge >= 0.3 is 0 Å². The molecule has 0 saturated heterocycles. The van der Waals surface area contributed by atoms with E-state index >= 15 is 0 Å². The van der Waals surface area contributed by atoms with E-state index in [1.807, 2.05) is 18.2 Å². The summed E-state index contributed by atoms with van der Waals surface area (Å²) in [6, 6.07) is 9.36. The maximum atomic E-state index is 11.3. The molecule has 0 radical (unpaired) electrons. The zero-order chi connectivity index (χ0) is 13.7. The van der Waals surface area contributed by atoms with Crippen LogP contribution in [0.2, 0.25) is 0 Å². The minimum atomic E-state index is -0.233. The molecule has 5 nitrogen and oxygen atoms in total. The van der Waals surface area contributed by atoms with Crippen LogP contribution in [0.4, 0.5) is 5.82 Å². The summed E-state index contributed by atoms with van der Waals surface area (Å²) in [6.07, 6.45) is 0. The van der Waals surface area contributed by atoms with Crippen molar-refractivity contribution >= 4 is 17.6 Å². The molecule has 0 fully saturated rings. The number of anilines is 1. The van der Waals surface area contributed by atoms with Crippen molar-refractivity contribution in [3.05, 3.63) is 51.8 Å². The van der Waals surface area contributed by atoms with Crippen LogP contribution < -0.4 is 11.3 Å². The van der Waals surface area contributed by atoms with Crippen LogP contribution in [0.15, 0.2) is 40.3 Å². The molecule has 0 aliphatic rings. The predicted octanol–water partition coefficient (Wildman–Crippen LogP) is 1.79. The first-order valence-corrected chi connectivity index (χ1v) is 6.72. The number of aromatic nitrogens is 2. The molecule has 6 heteroatoms. The first kappa shape index (κ1) is 13.6. The van der Waals surface area contributed by atoms with Gasteiger partial charge < -0.3 is 15.5 Å².